The van der Waals surface area contributed by atoms with Gasteiger partial charge in [0.05, 0.1) is 10.6 Å². The van der Waals surface area contributed by atoms with E-state index in [1.165, 1.54) is 0 Å². The van der Waals surface area contributed by atoms with E-state index in [1.54, 1.807) is 0 Å². The Morgan fingerprint density at radius 2 is 1.60 bits per heavy atom. The fourth-order valence-electron chi connectivity index (χ4n) is 1.86. The highest BCUT2D eigenvalue weighted by atomic mass is 79.9. The molecule has 0 atom stereocenters. The Bertz CT molecular complexity index is 440. The van der Waals surface area contributed by atoms with Gasteiger partial charge < -0.3 is 0 Å². The van der Waals surface area contributed by atoms with Crippen molar-refractivity contribution in [2.45, 2.75) is 25.7 Å². The zero-order valence-corrected chi connectivity index (χ0v) is 11.6. The molecule has 0 saturated carbocycles. The normalized spacial score (nSPS) is 11.7. The minimum Gasteiger partial charge on any atom is -0.224 e. The first kappa shape index (κ1) is 12.7. The third kappa shape index (κ3) is 2.82. The first-order valence-corrected chi connectivity index (χ1v) is 7.52. The van der Waals surface area contributed by atoms with Crippen LogP contribution in [0, 0.1) is 20.8 Å². The lowest BCUT2D eigenvalue weighted by Crippen LogP contribution is -2.11. The minimum absolute atomic E-state index is 0.151. The van der Waals surface area contributed by atoms with E-state index in [2.05, 4.69) is 15.9 Å². The largest absolute Gasteiger partial charge is 0.224 e. The molecule has 0 amide bonds. The lowest BCUT2D eigenvalue weighted by atomic mass is 10.1. The highest BCUT2D eigenvalue weighted by molar-refractivity contribution is 9.09. The SMILES string of the molecule is Cc1cc(C)c(S(=O)(=O)CCBr)c(C)c1. The van der Waals surface area contributed by atoms with Crippen LogP contribution >= 0.6 is 15.9 Å². The van der Waals surface area contributed by atoms with Crippen LogP contribution in [0.25, 0.3) is 0 Å². The Morgan fingerprint density at radius 1 is 1.13 bits per heavy atom. The van der Waals surface area contributed by atoms with Crippen molar-refractivity contribution in [3.05, 3.63) is 28.8 Å². The van der Waals surface area contributed by atoms with Crippen LogP contribution in [-0.2, 0) is 9.84 Å². The fraction of sp³-hybridized carbons (Fsp3) is 0.455. The highest BCUT2D eigenvalue weighted by Crippen LogP contribution is 2.23. The summed E-state index contributed by atoms with van der Waals surface area (Å²) in [6.07, 6.45) is 0. The smallest absolute Gasteiger partial charge is 0.179 e. The van der Waals surface area contributed by atoms with Crippen LogP contribution in [0.2, 0.25) is 0 Å². The summed E-state index contributed by atoms with van der Waals surface area (Å²) in [5.74, 6) is 0.151. The predicted molar refractivity (Wildman–Crippen MR) is 66.5 cm³/mol. The van der Waals surface area contributed by atoms with Gasteiger partial charge in [0.15, 0.2) is 9.84 Å². The van der Waals surface area contributed by atoms with Gasteiger partial charge in [0, 0.05) is 5.33 Å². The van der Waals surface area contributed by atoms with E-state index in [0.29, 0.717) is 10.2 Å². The molecule has 0 aliphatic rings. The van der Waals surface area contributed by atoms with Crippen molar-refractivity contribution in [3.8, 4) is 0 Å². The third-order valence-corrected chi connectivity index (χ3v) is 5.19. The summed E-state index contributed by atoms with van der Waals surface area (Å²) < 4.78 is 23.9. The second-order valence-corrected chi connectivity index (χ2v) is 6.57. The molecule has 4 heteroatoms. The monoisotopic (exact) mass is 290 g/mol. The van der Waals surface area contributed by atoms with Gasteiger partial charge in [0.25, 0.3) is 0 Å². The molecule has 1 rings (SSSR count). The molecule has 0 N–H and O–H groups in total. The number of rotatable bonds is 3. The summed E-state index contributed by atoms with van der Waals surface area (Å²) >= 11 is 3.17. The van der Waals surface area contributed by atoms with Gasteiger partial charge in [-0.1, -0.05) is 33.6 Å². The van der Waals surface area contributed by atoms with Crippen molar-refractivity contribution < 1.29 is 8.42 Å². The number of aryl methyl sites for hydroxylation is 3. The molecule has 0 saturated heterocycles. The molecule has 0 heterocycles. The second-order valence-electron chi connectivity index (χ2n) is 3.74. The van der Waals surface area contributed by atoms with Crippen molar-refractivity contribution in [2.75, 3.05) is 11.1 Å². The van der Waals surface area contributed by atoms with Gasteiger partial charge in [-0.2, -0.15) is 0 Å². The van der Waals surface area contributed by atoms with Crippen LogP contribution in [0.4, 0.5) is 0 Å². The lowest BCUT2D eigenvalue weighted by molar-refractivity contribution is 0.596. The quantitative estimate of drug-likeness (QED) is 0.802. The first-order valence-electron chi connectivity index (χ1n) is 4.75. The van der Waals surface area contributed by atoms with Gasteiger partial charge in [-0.15, -0.1) is 0 Å². The minimum atomic E-state index is -3.14. The lowest BCUT2D eigenvalue weighted by Gasteiger charge is -2.11. The predicted octanol–water partition coefficient (Wildman–Crippen LogP) is 2.78. The van der Waals surface area contributed by atoms with E-state index in [1.807, 2.05) is 32.9 Å². The zero-order valence-electron chi connectivity index (χ0n) is 9.17. The Labute approximate surface area is 99.7 Å². The Kier molecular flexibility index (Phi) is 3.95. The van der Waals surface area contributed by atoms with E-state index in [-0.39, 0.29) is 5.75 Å². The molecule has 1 aromatic carbocycles. The maximum atomic E-state index is 12.0. The molecule has 84 valence electrons. The first-order chi connectivity index (χ1) is 6.88. The average molecular weight is 291 g/mol. The topological polar surface area (TPSA) is 34.1 Å². The Hall–Kier alpha value is -0.350. The Balaban J connectivity index is 3.38. The van der Waals surface area contributed by atoms with Crippen LogP contribution in [0.3, 0.4) is 0 Å². The molecule has 0 radical (unpaired) electrons. The van der Waals surface area contributed by atoms with Crippen molar-refractivity contribution in [2.24, 2.45) is 0 Å². The van der Waals surface area contributed by atoms with Crippen LogP contribution in [0.15, 0.2) is 17.0 Å². The van der Waals surface area contributed by atoms with Gasteiger partial charge in [-0.25, -0.2) is 8.42 Å². The van der Waals surface area contributed by atoms with Gasteiger partial charge in [-0.3, -0.25) is 0 Å². The Morgan fingerprint density at radius 3 is 2.00 bits per heavy atom. The maximum Gasteiger partial charge on any atom is 0.179 e. The van der Waals surface area contributed by atoms with E-state index in [9.17, 15) is 8.42 Å². The number of benzene rings is 1. The molecular formula is C11H15BrO2S. The van der Waals surface area contributed by atoms with E-state index in [4.69, 9.17) is 0 Å². The van der Waals surface area contributed by atoms with Crippen LogP contribution in [-0.4, -0.2) is 19.5 Å². The zero-order chi connectivity index (χ0) is 11.6. The molecule has 2 nitrogen and oxygen atoms in total. The fourth-order valence-corrected chi connectivity index (χ4v) is 4.65. The van der Waals surface area contributed by atoms with Gasteiger partial charge in [0.1, 0.15) is 0 Å². The molecular weight excluding hydrogens is 276 g/mol. The van der Waals surface area contributed by atoms with E-state index in [0.717, 1.165) is 16.7 Å². The molecule has 0 aliphatic carbocycles. The van der Waals surface area contributed by atoms with Gasteiger partial charge >= 0.3 is 0 Å². The van der Waals surface area contributed by atoms with Crippen LogP contribution < -0.4 is 0 Å². The molecule has 0 spiro atoms. The van der Waals surface area contributed by atoms with Crippen molar-refractivity contribution >= 4 is 25.8 Å². The van der Waals surface area contributed by atoms with Crippen LogP contribution in [0.1, 0.15) is 16.7 Å². The number of halogens is 1. The number of hydrogen-bond donors (Lipinski definition) is 0. The summed E-state index contributed by atoms with van der Waals surface area (Å²) in [7, 11) is -3.14. The number of alkyl halides is 1. The molecule has 0 unspecified atom stereocenters. The number of sulfone groups is 1. The van der Waals surface area contributed by atoms with Gasteiger partial charge in [-0.05, 0) is 31.9 Å². The summed E-state index contributed by atoms with van der Waals surface area (Å²) in [5.41, 5.74) is 2.78. The molecule has 15 heavy (non-hydrogen) atoms. The number of hydrogen-bond acceptors (Lipinski definition) is 2. The summed E-state index contributed by atoms with van der Waals surface area (Å²) in [5, 5.41) is 0.474. The second kappa shape index (κ2) is 4.66. The van der Waals surface area contributed by atoms with E-state index < -0.39 is 9.84 Å². The maximum absolute atomic E-state index is 12.0. The van der Waals surface area contributed by atoms with Crippen molar-refractivity contribution in [3.63, 3.8) is 0 Å². The molecule has 0 aliphatic heterocycles. The summed E-state index contributed by atoms with van der Waals surface area (Å²) in [6.45, 7) is 5.67. The van der Waals surface area contributed by atoms with E-state index >= 15 is 0 Å². The molecule has 0 bridgehead atoms. The average Bonchev–Trinajstić information content (AvgIpc) is 1.99. The molecule has 1 aromatic rings. The van der Waals surface area contributed by atoms with Gasteiger partial charge in [0.2, 0.25) is 0 Å². The highest BCUT2D eigenvalue weighted by Gasteiger charge is 2.18. The summed E-state index contributed by atoms with van der Waals surface area (Å²) in [4.78, 5) is 0.493. The van der Waals surface area contributed by atoms with Crippen molar-refractivity contribution in [1.29, 1.82) is 0 Å². The van der Waals surface area contributed by atoms with Crippen LogP contribution in [0.5, 0.6) is 0 Å². The van der Waals surface area contributed by atoms with Crippen molar-refractivity contribution in [1.82, 2.24) is 0 Å². The molecule has 0 aromatic heterocycles. The third-order valence-electron chi connectivity index (χ3n) is 2.26. The standard InChI is InChI=1S/C11H15BrO2S/c1-8-6-9(2)11(10(3)7-8)15(13,14)5-4-12/h6-7H,4-5H2,1-3H3. The molecule has 0 fully saturated rings. The summed E-state index contributed by atoms with van der Waals surface area (Å²) in [6, 6.07) is 3.82.